The van der Waals surface area contributed by atoms with Gasteiger partial charge in [-0.05, 0) is 46.8 Å². The van der Waals surface area contributed by atoms with E-state index in [1.807, 2.05) is 0 Å². The third-order valence-electron chi connectivity index (χ3n) is 8.24. The van der Waals surface area contributed by atoms with Gasteiger partial charge in [0.05, 0.1) is 21.3 Å². The number of methoxy groups -OCH3 is 3. The Balaban J connectivity index is 2.21. The molecule has 1 heterocycles. The molecule has 0 fully saturated rings. The Morgan fingerprint density at radius 1 is 0.907 bits per heavy atom. The maximum atomic E-state index is 13.2. The van der Waals surface area contributed by atoms with E-state index >= 15 is 0 Å². The predicted molar refractivity (Wildman–Crippen MR) is 156 cm³/mol. The van der Waals surface area contributed by atoms with Crippen LogP contribution in [0.1, 0.15) is 64.9 Å². The molecular formula is C32H38O11. The lowest BCUT2D eigenvalue weighted by molar-refractivity contribution is -0.181. The molecule has 4 atom stereocenters. The van der Waals surface area contributed by atoms with Gasteiger partial charge in [-0.15, -0.1) is 0 Å². The number of esters is 2. The van der Waals surface area contributed by atoms with Crippen LogP contribution in [0.5, 0.6) is 34.5 Å². The van der Waals surface area contributed by atoms with Gasteiger partial charge in [-0.25, -0.2) is 9.59 Å². The predicted octanol–water partition coefficient (Wildman–Crippen LogP) is 5.32. The van der Waals surface area contributed by atoms with Crippen molar-refractivity contribution in [1.29, 1.82) is 0 Å². The molecule has 2 aromatic carbocycles. The number of hydrogen-bond acceptors (Lipinski definition) is 11. The summed E-state index contributed by atoms with van der Waals surface area (Å²) in [7, 11) is 4.18. The number of allylic oxidation sites excluding steroid dienone is 2. The summed E-state index contributed by atoms with van der Waals surface area (Å²) in [6.45, 7) is 9.65. The van der Waals surface area contributed by atoms with Gasteiger partial charge < -0.3 is 43.4 Å². The maximum absolute atomic E-state index is 13.2. The van der Waals surface area contributed by atoms with Gasteiger partial charge in [0, 0.05) is 39.3 Å². The number of ether oxygens (including phenoxy) is 7. The Labute approximate surface area is 250 Å². The third kappa shape index (κ3) is 5.22. The molecule has 0 amide bonds. The van der Waals surface area contributed by atoms with Crippen LogP contribution in [0.4, 0.5) is 0 Å². The summed E-state index contributed by atoms with van der Waals surface area (Å²) in [4.78, 5) is 26.5. The van der Waals surface area contributed by atoms with Gasteiger partial charge in [0.2, 0.25) is 18.3 Å². The average molecular weight is 599 g/mol. The standard InChI is InChI=1S/C32H38O11/c1-10-15(3)30(34)42-25-17(5)32(6,36)29(43-31(35)16(4)11-2)19-13-20(37-7)26(38-8)24(33)22(19)23-18(25)12-21-27(28(23)39-9)41-14-40-21/h10-13,17,25,29,33,36H,14H2,1-9H3/b15-10-,16-11-/t17-,25+,29-,32-/m0/s1. The van der Waals surface area contributed by atoms with Crippen LogP contribution in [-0.2, 0) is 19.1 Å². The zero-order chi connectivity index (χ0) is 31.8. The highest BCUT2D eigenvalue weighted by Gasteiger charge is 2.51. The van der Waals surface area contributed by atoms with E-state index in [2.05, 4.69) is 0 Å². The summed E-state index contributed by atoms with van der Waals surface area (Å²) in [5, 5.41) is 24.2. The number of rotatable bonds is 7. The van der Waals surface area contributed by atoms with E-state index in [1.54, 1.807) is 52.8 Å². The molecule has 232 valence electrons. The molecule has 43 heavy (non-hydrogen) atoms. The lowest BCUT2D eigenvalue weighted by atomic mass is 9.71. The number of carbonyl (C=O) groups excluding carboxylic acids is 2. The highest BCUT2D eigenvalue weighted by Crippen LogP contribution is 2.61. The molecule has 1 aliphatic carbocycles. The largest absolute Gasteiger partial charge is 0.504 e. The van der Waals surface area contributed by atoms with E-state index < -0.39 is 35.7 Å². The van der Waals surface area contributed by atoms with Crippen LogP contribution in [-0.4, -0.2) is 55.9 Å². The summed E-state index contributed by atoms with van der Waals surface area (Å²) < 4.78 is 40.5. The first-order chi connectivity index (χ1) is 20.4. The highest BCUT2D eigenvalue weighted by molar-refractivity contribution is 5.92. The fourth-order valence-corrected chi connectivity index (χ4v) is 5.29. The van der Waals surface area contributed by atoms with Crippen LogP contribution < -0.4 is 23.7 Å². The number of carbonyl (C=O) groups is 2. The molecule has 0 radical (unpaired) electrons. The van der Waals surface area contributed by atoms with Gasteiger partial charge in [0.25, 0.3) is 0 Å². The third-order valence-corrected chi connectivity index (χ3v) is 8.24. The molecule has 0 bridgehead atoms. The number of benzene rings is 2. The van der Waals surface area contributed by atoms with E-state index in [4.69, 9.17) is 33.2 Å². The Morgan fingerprint density at radius 3 is 2.07 bits per heavy atom. The fraction of sp³-hybridized carbons (Fsp3) is 0.438. The summed E-state index contributed by atoms with van der Waals surface area (Å²) in [5.74, 6) is -1.77. The van der Waals surface area contributed by atoms with Crippen LogP contribution in [0, 0.1) is 5.92 Å². The number of phenolic OH excluding ortho intramolecular Hbond substituents is 1. The fourth-order valence-electron chi connectivity index (χ4n) is 5.29. The second-order valence-electron chi connectivity index (χ2n) is 10.6. The first-order valence-electron chi connectivity index (χ1n) is 13.8. The second-order valence-corrected chi connectivity index (χ2v) is 10.6. The molecule has 0 unspecified atom stereocenters. The molecule has 11 nitrogen and oxygen atoms in total. The maximum Gasteiger partial charge on any atom is 0.334 e. The Kier molecular flexibility index (Phi) is 8.87. The normalized spacial score (nSPS) is 22.9. The second kappa shape index (κ2) is 12.1. The van der Waals surface area contributed by atoms with Crippen molar-refractivity contribution in [3.8, 4) is 45.6 Å². The molecule has 2 N–H and O–H groups in total. The minimum atomic E-state index is -1.89. The van der Waals surface area contributed by atoms with Crippen LogP contribution >= 0.6 is 0 Å². The zero-order valence-electron chi connectivity index (χ0n) is 25.8. The molecule has 2 aromatic rings. The van der Waals surface area contributed by atoms with Gasteiger partial charge in [-0.2, -0.15) is 0 Å². The van der Waals surface area contributed by atoms with Crippen molar-refractivity contribution in [3.05, 3.63) is 46.6 Å². The van der Waals surface area contributed by atoms with E-state index in [-0.39, 0.29) is 52.2 Å². The van der Waals surface area contributed by atoms with Crippen molar-refractivity contribution in [3.63, 3.8) is 0 Å². The van der Waals surface area contributed by atoms with Gasteiger partial charge >= 0.3 is 11.9 Å². The summed E-state index contributed by atoms with van der Waals surface area (Å²) >= 11 is 0. The number of aromatic hydroxyl groups is 1. The molecule has 0 spiro atoms. The summed E-state index contributed by atoms with van der Waals surface area (Å²) in [6, 6.07) is 3.16. The van der Waals surface area contributed by atoms with Crippen LogP contribution in [0.25, 0.3) is 11.1 Å². The van der Waals surface area contributed by atoms with Crippen molar-refractivity contribution in [2.75, 3.05) is 28.1 Å². The van der Waals surface area contributed by atoms with Gasteiger partial charge in [-0.3, -0.25) is 0 Å². The molecular weight excluding hydrogens is 560 g/mol. The van der Waals surface area contributed by atoms with Crippen LogP contribution in [0.15, 0.2) is 35.4 Å². The molecule has 0 saturated carbocycles. The van der Waals surface area contributed by atoms with Gasteiger partial charge in [0.1, 0.15) is 11.7 Å². The van der Waals surface area contributed by atoms with E-state index in [0.29, 0.717) is 22.5 Å². The summed E-state index contributed by atoms with van der Waals surface area (Å²) in [5.41, 5.74) is -0.353. The molecule has 0 saturated heterocycles. The first kappa shape index (κ1) is 31.6. The Bertz CT molecular complexity index is 1500. The lowest BCUT2D eigenvalue weighted by Gasteiger charge is -2.43. The van der Waals surface area contributed by atoms with Gasteiger partial charge in [0.15, 0.2) is 29.1 Å². The van der Waals surface area contributed by atoms with Crippen molar-refractivity contribution in [2.24, 2.45) is 5.92 Å². The van der Waals surface area contributed by atoms with Crippen LogP contribution in [0.3, 0.4) is 0 Å². The minimum absolute atomic E-state index is 0.0202. The summed E-state index contributed by atoms with van der Waals surface area (Å²) in [6.07, 6.45) is 0.635. The Morgan fingerprint density at radius 2 is 1.51 bits per heavy atom. The minimum Gasteiger partial charge on any atom is -0.504 e. The zero-order valence-corrected chi connectivity index (χ0v) is 25.8. The first-order valence-corrected chi connectivity index (χ1v) is 13.8. The number of hydrogen-bond donors (Lipinski definition) is 2. The molecule has 2 aliphatic rings. The highest BCUT2D eigenvalue weighted by atomic mass is 16.7. The van der Waals surface area contributed by atoms with Crippen LogP contribution in [0.2, 0.25) is 0 Å². The Hall–Kier alpha value is -4.38. The van der Waals surface area contributed by atoms with Crippen molar-refractivity contribution in [1.82, 2.24) is 0 Å². The molecule has 4 rings (SSSR count). The van der Waals surface area contributed by atoms with E-state index in [1.165, 1.54) is 34.3 Å². The number of aliphatic hydroxyl groups is 1. The van der Waals surface area contributed by atoms with E-state index in [0.717, 1.165) is 0 Å². The SMILES string of the molecule is C/C=C(/C)C(=O)O[C@H]1c2cc3c(c(OC)c2-c2c(cc(OC)c(OC)c2O)[C@H](OC(=O)/C(C)=C\C)[C@@](C)(O)[C@H]1C)OCO3. The van der Waals surface area contributed by atoms with Crippen molar-refractivity contribution < 1.29 is 53.0 Å². The number of fused-ring (bicyclic) bond motifs is 4. The average Bonchev–Trinajstić information content (AvgIpc) is 3.47. The van der Waals surface area contributed by atoms with E-state index in [9.17, 15) is 19.8 Å². The van der Waals surface area contributed by atoms with Gasteiger partial charge in [-0.1, -0.05) is 19.1 Å². The topological polar surface area (TPSA) is 139 Å². The lowest BCUT2D eigenvalue weighted by Crippen LogP contribution is -2.46. The van der Waals surface area contributed by atoms with Crippen molar-refractivity contribution in [2.45, 2.75) is 59.4 Å². The molecule has 1 aliphatic heterocycles. The number of phenols is 1. The smallest absolute Gasteiger partial charge is 0.334 e. The quantitative estimate of drug-likeness (QED) is 0.316. The van der Waals surface area contributed by atoms with Crippen molar-refractivity contribution >= 4 is 11.9 Å². The molecule has 11 heteroatoms. The monoisotopic (exact) mass is 598 g/mol. The molecule has 0 aromatic heterocycles.